The van der Waals surface area contributed by atoms with E-state index in [-0.39, 0.29) is 30.5 Å². The summed E-state index contributed by atoms with van der Waals surface area (Å²) in [6.45, 7) is 0.258. The van der Waals surface area contributed by atoms with Gasteiger partial charge in [-0.25, -0.2) is 13.8 Å². The number of halogens is 2. The SMILES string of the molecule is CO[C@H]1CC[C@H](n2c([C@@H]3CCCC(=O)N3c3ccc(F)c(F)c3)nc3cc(NC(=O)CN(C)C)ccc32)CC1. The molecule has 1 atom stereocenters. The maximum Gasteiger partial charge on any atom is 0.238 e. The zero-order valence-corrected chi connectivity index (χ0v) is 22.6. The predicted octanol–water partition coefficient (Wildman–Crippen LogP) is 5.20. The molecule has 10 heteroatoms. The Morgan fingerprint density at radius 1 is 1.08 bits per heavy atom. The van der Waals surface area contributed by atoms with Crippen molar-refractivity contribution >= 4 is 34.2 Å². The van der Waals surface area contributed by atoms with E-state index in [0.29, 0.717) is 36.2 Å². The van der Waals surface area contributed by atoms with Crippen molar-refractivity contribution in [3.05, 3.63) is 53.9 Å². The molecule has 2 amide bonds. The maximum absolute atomic E-state index is 14.2. The van der Waals surface area contributed by atoms with Gasteiger partial charge >= 0.3 is 0 Å². The zero-order chi connectivity index (χ0) is 27.7. The van der Waals surface area contributed by atoms with Gasteiger partial charge in [-0.15, -0.1) is 0 Å². The molecule has 0 spiro atoms. The minimum absolute atomic E-state index is 0.126. The second kappa shape index (κ2) is 11.4. The van der Waals surface area contributed by atoms with Gasteiger partial charge in [0.1, 0.15) is 5.82 Å². The number of methoxy groups -OCH3 is 1. The lowest BCUT2D eigenvalue weighted by Crippen LogP contribution is -2.40. The molecule has 2 fully saturated rings. The molecule has 0 bridgehead atoms. The molecule has 3 aromatic rings. The van der Waals surface area contributed by atoms with E-state index in [1.165, 1.54) is 6.07 Å². The van der Waals surface area contributed by atoms with Crippen LogP contribution < -0.4 is 10.2 Å². The van der Waals surface area contributed by atoms with Crippen molar-refractivity contribution in [1.82, 2.24) is 14.5 Å². The van der Waals surface area contributed by atoms with Crippen molar-refractivity contribution in [3.8, 4) is 0 Å². The molecular formula is C29H35F2N5O3. The van der Waals surface area contributed by atoms with E-state index in [9.17, 15) is 18.4 Å². The van der Waals surface area contributed by atoms with Crippen LogP contribution >= 0.6 is 0 Å². The molecule has 1 aromatic heterocycles. The Morgan fingerprint density at radius 2 is 1.85 bits per heavy atom. The summed E-state index contributed by atoms with van der Waals surface area (Å²) in [4.78, 5) is 34.0. The van der Waals surface area contributed by atoms with Crippen LogP contribution in [-0.4, -0.2) is 60.1 Å². The Bertz CT molecular complexity index is 1370. The molecule has 1 aliphatic carbocycles. The number of aromatic nitrogens is 2. The lowest BCUT2D eigenvalue weighted by Gasteiger charge is -2.37. The summed E-state index contributed by atoms with van der Waals surface area (Å²) in [5.74, 6) is -1.49. The molecule has 5 rings (SSSR count). The topological polar surface area (TPSA) is 79.7 Å². The van der Waals surface area contributed by atoms with Crippen LogP contribution in [0.5, 0.6) is 0 Å². The van der Waals surface area contributed by atoms with Crippen molar-refractivity contribution in [2.75, 3.05) is 38.0 Å². The first-order chi connectivity index (χ1) is 18.7. The van der Waals surface area contributed by atoms with Gasteiger partial charge in [0.05, 0.1) is 29.7 Å². The van der Waals surface area contributed by atoms with E-state index in [1.807, 2.05) is 32.3 Å². The fourth-order valence-electron chi connectivity index (χ4n) is 5.91. The number of nitrogens with zero attached hydrogens (tertiary/aromatic N) is 4. The minimum atomic E-state index is -0.992. The van der Waals surface area contributed by atoms with Gasteiger partial charge in [-0.3, -0.25) is 9.59 Å². The largest absolute Gasteiger partial charge is 0.381 e. The Hall–Kier alpha value is -3.37. The smallest absolute Gasteiger partial charge is 0.238 e. The van der Waals surface area contributed by atoms with E-state index in [2.05, 4.69) is 9.88 Å². The van der Waals surface area contributed by atoms with Gasteiger partial charge < -0.3 is 24.4 Å². The number of ether oxygens (including phenoxy) is 1. The molecule has 0 unspecified atom stereocenters. The van der Waals surface area contributed by atoms with Crippen molar-refractivity contribution in [1.29, 1.82) is 0 Å². The van der Waals surface area contributed by atoms with Crippen LogP contribution in [0.3, 0.4) is 0 Å². The standard InChI is InChI=1S/C29H35F2N5O3/c1-34(2)17-27(37)32-18-7-14-25-24(15-18)33-29(36(25)19-8-11-21(39-3)12-9-19)26-5-4-6-28(38)35(26)20-10-13-22(30)23(31)16-20/h7,10,13-16,19,21,26H,4-6,8-9,11-12,17H2,1-3H3,(H,32,37)/t19-,21-,26-/m0/s1. The van der Waals surface area contributed by atoms with E-state index in [1.54, 1.807) is 16.9 Å². The predicted molar refractivity (Wildman–Crippen MR) is 146 cm³/mol. The number of nitrogens with one attached hydrogen (secondary N) is 1. The molecular weight excluding hydrogens is 504 g/mol. The first-order valence-corrected chi connectivity index (χ1v) is 13.5. The van der Waals surface area contributed by atoms with Gasteiger partial charge in [0.15, 0.2) is 11.6 Å². The molecule has 2 aliphatic rings. The molecule has 1 aliphatic heterocycles. The quantitative estimate of drug-likeness (QED) is 0.446. The number of likely N-dealkylation sites (N-methyl/N-ethyl adjacent to an activating group) is 1. The summed E-state index contributed by atoms with van der Waals surface area (Å²) in [5, 5.41) is 2.93. The van der Waals surface area contributed by atoms with Crippen LogP contribution in [-0.2, 0) is 14.3 Å². The first-order valence-electron chi connectivity index (χ1n) is 13.5. The van der Waals surface area contributed by atoms with Crippen molar-refractivity contribution < 1.29 is 23.1 Å². The van der Waals surface area contributed by atoms with Crippen molar-refractivity contribution in [2.24, 2.45) is 0 Å². The summed E-state index contributed by atoms with van der Waals surface area (Å²) in [7, 11) is 5.40. The van der Waals surface area contributed by atoms with E-state index >= 15 is 0 Å². The third kappa shape index (κ3) is 5.67. The fourth-order valence-corrected chi connectivity index (χ4v) is 5.91. The fraction of sp³-hybridized carbons (Fsp3) is 0.483. The van der Waals surface area contributed by atoms with Gasteiger partial charge in [0, 0.05) is 37.0 Å². The Balaban J connectivity index is 1.58. The summed E-state index contributed by atoms with van der Waals surface area (Å²) in [6.07, 6.45) is 5.48. The molecule has 39 heavy (non-hydrogen) atoms. The summed E-state index contributed by atoms with van der Waals surface area (Å²) in [6, 6.07) is 9.00. The summed E-state index contributed by atoms with van der Waals surface area (Å²) in [5.41, 5.74) is 2.59. The van der Waals surface area contributed by atoms with Crippen molar-refractivity contribution in [3.63, 3.8) is 0 Å². The lowest BCUT2D eigenvalue weighted by molar-refractivity contribution is -0.120. The molecule has 1 saturated heterocycles. The number of anilines is 2. The highest BCUT2D eigenvalue weighted by atomic mass is 19.2. The number of benzene rings is 2. The van der Waals surface area contributed by atoms with Gasteiger partial charge in [-0.2, -0.15) is 0 Å². The number of piperidine rings is 1. The van der Waals surface area contributed by atoms with Crippen LogP contribution in [0.25, 0.3) is 11.0 Å². The third-order valence-corrected chi connectivity index (χ3v) is 7.73. The van der Waals surface area contributed by atoms with Crippen LogP contribution in [0.15, 0.2) is 36.4 Å². The Morgan fingerprint density at radius 3 is 2.54 bits per heavy atom. The van der Waals surface area contributed by atoms with Crippen LogP contribution in [0, 0.1) is 11.6 Å². The summed E-state index contributed by atoms with van der Waals surface area (Å²) >= 11 is 0. The zero-order valence-electron chi connectivity index (χ0n) is 22.6. The Kier molecular flexibility index (Phi) is 7.95. The van der Waals surface area contributed by atoms with Gasteiger partial charge in [0.2, 0.25) is 11.8 Å². The molecule has 1 N–H and O–H groups in total. The van der Waals surface area contributed by atoms with E-state index in [4.69, 9.17) is 9.72 Å². The van der Waals surface area contributed by atoms with E-state index in [0.717, 1.165) is 49.2 Å². The number of amides is 2. The number of hydrogen-bond acceptors (Lipinski definition) is 5. The summed E-state index contributed by atoms with van der Waals surface area (Å²) < 4.78 is 35.8. The minimum Gasteiger partial charge on any atom is -0.381 e. The molecule has 1 saturated carbocycles. The second-order valence-corrected chi connectivity index (χ2v) is 10.8. The number of fused-ring (bicyclic) bond motifs is 1. The number of hydrogen-bond donors (Lipinski definition) is 1. The molecule has 0 radical (unpaired) electrons. The molecule has 208 valence electrons. The van der Waals surface area contributed by atoms with Gasteiger partial charge in [-0.1, -0.05) is 0 Å². The Labute approximate surface area is 226 Å². The number of carbonyl (C=O) groups excluding carboxylic acids is 2. The average Bonchev–Trinajstić information content (AvgIpc) is 3.28. The average molecular weight is 540 g/mol. The monoisotopic (exact) mass is 539 g/mol. The van der Waals surface area contributed by atoms with Crippen molar-refractivity contribution in [2.45, 2.75) is 63.1 Å². The van der Waals surface area contributed by atoms with Crippen LogP contribution in [0.4, 0.5) is 20.2 Å². The van der Waals surface area contributed by atoms with E-state index < -0.39 is 17.7 Å². The van der Waals surface area contributed by atoms with Crippen LogP contribution in [0.2, 0.25) is 0 Å². The number of rotatable bonds is 7. The highest BCUT2D eigenvalue weighted by Gasteiger charge is 2.36. The highest BCUT2D eigenvalue weighted by molar-refractivity contribution is 5.96. The molecule has 2 heterocycles. The maximum atomic E-state index is 14.2. The van der Waals surface area contributed by atoms with Gasteiger partial charge in [-0.05, 0) is 83.0 Å². The second-order valence-electron chi connectivity index (χ2n) is 10.8. The third-order valence-electron chi connectivity index (χ3n) is 7.73. The lowest BCUT2D eigenvalue weighted by atomic mass is 9.92. The number of carbonyl (C=O) groups is 2. The number of imidazole rings is 1. The highest BCUT2D eigenvalue weighted by Crippen LogP contribution is 2.41. The molecule has 2 aromatic carbocycles. The van der Waals surface area contributed by atoms with Gasteiger partial charge in [0.25, 0.3) is 0 Å². The first kappa shape index (κ1) is 27.2. The normalized spacial score (nSPS) is 22.1. The van der Waals surface area contributed by atoms with Crippen LogP contribution in [0.1, 0.15) is 62.9 Å². The molecule has 8 nitrogen and oxygen atoms in total.